The van der Waals surface area contributed by atoms with Gasteiger partial charge < -0.3 is 15.4 Å². The molecular formula is C18H15ClFN3O2S. The van der Waals surface area contributed by atoms with Crippen molar-refractivity contribution in [2.75, 3.05) is 17.7 Å². The molecule has 0 saturated carbocycles. The number of amides is 1. The van der Waals surface area contributed by atoms with Gasteiger partial charge in [0.2, 0.25) is 0 Å². The molecule has 0 radical (unpaired) electrons. The molecule has 0 bridgehead atoms. The molecule has 0 aliphatic carbocycles. The van der Waals surface area contributed by atoms with Crippen molar-refractivity contribution in [3.05, 3.63) is 63.9 Å². The van der Waals surface area contributed by atoms with E-state index in [0.717, 1.165) is 11.3 Å². The number of ether oxygens (including phenoxy) is 1. The number of aromatic nitrogens is 1. The van der Waals surface area contributed by atoms with Crippen molar-refractivity contribution in [1.29, 1.82) is 0 Å². The number of carbonyl (C=O) groups excluding carboxylic acids is 1. The highest BCUT2D eigenvalue weighted by Gasteiger charge is 2.13. The first-order valence-electron chi connectivity index (χ1n) is 7.60. The zero-order valence-electron chi connectivity index (χ0n) is 14.0. The molecule has 1 aromatic heterocycles. The molecule has 2 aromatic carbocycles. The van der Waals surface area contributed by atoms with Crippen LogP contribution in [0.3, 0.4) is 0 Å². The first-order valence-corrected chi connectivity index (χ1v) is 8.85. The number of nitrogens with one attached hydrogen (secondary N) is 2. The standard InChI is InChI=1S/C18H15ClFN3O2S/c1-10-3-6-16(25-2)14(7-10)22-18-23-15(9-26-18)17(24)21-11-4-5-13(20)12(19)8-11/h3-9H,1-2H3,(H,21,24)(H,22,23). The number of nitrogens with zero attached hydrogens (tertiary/aromatic N) is 1. The second-order valence-electron chi connectivity index (χ2n) is 5.45. The number of thiazole rings is 1. The van der Waals surface area contributed by atoms with Crippen molar-refractivity contribution in [2.24, 2.45) is 0 Å². The fourth-order valence-electron chi connectivity index (χ4n) is 2.24. The Morgan fingerprint density at radius 2 is 2.08 bits per heavy atom. The molecule has 5 nitrogen and oxygen atoms in total. The lowest BCUT2D eigenvalue weighted by Gasteiger charge is -2.09. The fraction of sp³-hybridized carbons (Fsp3) is 0.111. The smallest absolute Gasteiger partial charge is 0.275 e. The second-order valence-corrected chi connectivity index (χ2v) is 6.71. The molecule has 0 spiro atoms. The van der Waals surface area contributed by atoms with Gasteiger partial charge in [-0.3, -0.25) is 4.79 Å². The van der Waals surface area contributed by atoms with Crippen LogP contribution in [0.1, 0.15) is 16.1 Å². The van der Waals surface area contributed by atoms with Gasteiger partial charge >= 0.3 is 0 Å². The van der Waals surface area contributed by atoms with E-state index >= 15 is 0 Å². The maximum Gasteiger partial charge on any atom is 0.275 e. The number of anilines is 3. The predicted octanol–water partition coefficient (Wildman–Crippen LogP) is 5.25. The van der Waals surface area contributed by atoms with E-state index in [4.69, 9.17) is 16.3 Å². The van der Waals surface area contributed by atoms with E-state index in [9.17, 15) is 9.18 Å². The van der Waals surface area contributed by atoms with Crippen LogP contribution >= 0.6 is 22.9 Å². The lowest BCUT2D eigenvalue weighted by molar-refractivity contribution is 0.102. The molecule has 0 fully saturated rings. The molecule has 3 aromatic rings. The first kappa shape index (κ1) is 18.2. The van der Waals surface area contributed by atoms with Crippen LogP contribution < -0.4 is 15.4 Å². The summed E-state index contributed by atoms with van der Waals surface area (Å²) >= 11 is 7.01. The highest BCUT2D eigenvalue weighted by molar-refractivity contribution is 7.14. The molecular weight excluding hydrogens is 377 g/mol. The molecule has 0 unspecified atom stereocenters. The van der Waals surface area contributed by atoms with Gasteiger partial charge in [-0.1, -0.05) is 17.7 Å². The zero-order chi connectivity index (χ0) is 18.7. The van der Waals surface area contributed by atoms with Crippen LogP contribution in [0.25, 0.3) is 0 Å². The lowest BCUT2D eigenvalue weighted by Crippen LogP contribution is -2.12. The molecule has 134 valence electrons. The van der Waals surface area contributed by atoms with Crippen LogP contribution in [-0.2, 0) is 0 Å². The van der Waals surface area contributed by atoms with E-state index in [0.29, 0.717) is 16.6 Å². The second kappa shape index (κ2) is 7.72. The van der Waals surface area contributed by atoms with Gasteiger partial charge in [-0.25, -0.2) is 9.37 Å². The maximum absolute atomic E-state index is 13.2. The van der Waals surface area contributed by atoms with Crippen LogP contribution in [0.4, 0.5) is 20.9 Å². The molecule has 2 N–H and O–H groups in total. The molecule has 0 aliphatic heterocycles. The number of aryl methyl sites for hydroxylation is 1. The van der Waals surface area contributed by atoms with Gasteiger partial charge in [-0.2, -0.15) is 0 Å². The molecule has 26 heavy (non-hydrogen) atoms. The third-order valence-electron chi connectivity index (χ3n) is 3.51. The number of benzene rings is 2. The average molecular weight is 392 g/mol. The Morgan fingerprint density at radius 1 is 1.27 bits per heavy atom. The minimum atomic E-state index is -0.545. The van der Waals surface area contributed by atoms with Crippen molar-refractivity contribution >= 4 is 45.4 Å². The number of carbonyl (C=O) groups is 1. The van der Waals surface area contributed by atoms with Gasteiger partial charge in [0, 0.05) is 11.1 Å². The van der Waals surface area contributed by atoms with Crippen molar-refractivity contribution in [3.8, 4) is 5.75 Å². The van der Waals surface area contributed by atoms with Crippen LogP contribution in [0.15, 0.2) is 41.8 Å². The topological polar surface area (TPSA) is 63.2 Å². The van der Waals surface area contributed by atoms with Gasteiger partial charge in [-0.05, 0) is 42.8 Å². The van der Waals surface area contributed by atoms with Gasteiger partial charge in [0.1, 0.15) is 17.3 Å². The highest BCUT2D eigenvalue weighted by atomic mass is 35.5. The van der Waals surface area contributed by atoms with E-state index in [1.807, 2.05) is 25.1 Å². The molecule has 0 aliphatic rings. The van der Waals surface area contributed by atoms with Crippen LogP contribution in [-0.4, -0.2) is 18.0 Å². The molecule has 0 saturated heterocycles. The monoisotopic (exact) mass is 391 g/mol. The summed E-state index contributed by atoms with van der Waals surface area (Å²) in [6.45, 7) is 1.97. The number of hydrogen-bond acceptors (Lipinski definition) is 5. The van der Waals surface area contributed by atoms with E-state index < -0.39 is 11.7 Å². The Bertz CT molecular complexity index is 961. The molecule has 8 heteroatoms. The summed E-state index contributed by atoms with van der Waals surface area (Å²) in [5.41, 5.74) is 2.46. The number of hydrogen-bond donors (Lipinski definition) is 2. The van der Waals surface area contributed by atoms with Gasteiger partial charge in [0.25, 0.3) is 5.91 Å². The summed E-state index contributed by atoms with van der Waals surface area (Å²) in [5, 5.41) is 7.91. The Hall–Kier alpha value is -2.64. The molecule has 0 atom stereocenters. The quantitative estimate of drug-likeness (QED) is 0.623. The number of halogens is 2. The van der Waals surface area contributed by atoms with Gasteiger partial charge in [0.15, 0.2) is 5.13 Å². The summed E-state index contributed by atoms with van der Waals surface area (Å²) in [5.74, 6) is -0.275. The Kier molecular flexibility index (Phi) is 5.39. The van der Waals surface area contributed by atoms with Crippen LogP contribution in [0, 0.1) is 12.7 Å². The highest BCUT2D eigenvalue weighted by Crippen LogP contribution is 2.30. The van der Waals surface area contributed by atoms with Crippen LogP contribution in [0.2, 0.25) is 5.02 Å². The van der Waals surface area contributed by atoms with E-state index in [2.05, 4.69) is 15.6 Å². The average Bonchev–Trinajstić information content (AvgIpc) is 3.07. The molecule has 1 heterocycles. The fourth-order valence-corrected chi connectivity index (χ4v) is 3.12. The summed E-state index contributed by atoms with van der Waals surface area (Å²) in [6, 6.07) is 9.70. The third kappa shape index (κ3) is 4.12. The Morgan fingerprint density at radius 3 is 2.81 bits per heavy atom. The van der Waals surface area contributed by atoms with Crippen molar-refractivity contribution in [1.82, 2.24) is 4.98 Å². The molecule has 1 amide bonds. The Labute approximate surface area is 158 Å². The Balaban J connectivity index is 1.74. The summed E-state index contributed by atoms with van der Waals surface area (Å²) in [6.07, 6.45) is 0. The molecule has 3 rings (SSSR count). The van der Waals surface area contributed by atoms with E-state index in [1.165, 1.54) is 29.5 Å². The summed E-state index contributed by atoms with van der Waals surface area (Å²) < 4.78 is 18.5. The van der Waals surface area contributed by atoms with Gasteiger partial charge in [0.05, 0.1) is 17.8 Å². The van der Waals surface area contributed by atoms with E-state index in [1.54, 1.807) is 12.5 Å². The first-order chi connectivity index (χ1) is 12.5. The van der Waals surface area contributed by atoms with Crippen molar-refractivity contribution in [2.45, 2.75) is 6.92 Å². The minimum Gasteiger partial charge on any atom is -0.495 e. The summed E-state index contributed by atoms with van der Waals surface area (Å²) in [4.78, 5) is 16.6. The van der Waals surface area contributed by atoms with Gasteiger partial charge in [-0.15, -0.1) is 11.3 Å². The van der Waals surface area contributed by atoms with E-state index in [-0.39, 0.29) is 10.7 Å². The lowest BCUT2D eigenvalue weighted by atomic mass is 10.2. The number of methoxy groups -OCH3 is 1. The van der Waals surface area contributed by atoms with Crippen LogP contribution in [0.5, 0.6) is 5.75 Å². The van der Waals surface area contributed by atoms with Crippen molar-refractivity contribution < 1.29 is 13.9 Å². The zero-order valence-corrected chi connectivity index (χ0v) is 15.5. The maximum atomic E-state index is 13.2. The largest absolute Gasteiger partial charge is 0.495 e. The summed E-state index contributed by atoms with van der Waals surface area (Å²) in [7, 11) is 1.59. The SMILES string of the molecule is COc1ccc(C)cc1Nc1nc(C(=O)Nc2ccc(F)c(Cl)c2)cs1. The predicted molar refractivity (Wildman–Crippen MR) is 102 cm³/mol. The van der Waals surface area contributed by atoms with Crippen molar-refractivity contribution in [3.63, 3.8) is 0 Å². The number of rotatable bonds is 5. The third-order valence-corrected chi connectivity index (χ3v) is 4.56. The minimum absolute atomic E-state index is 0.0602. The normalized spacial score (nSPS) is 10.5.